The van der Waals surface area contributed by atoms with Gasteiger partial charge in [-0.25, -0.2) is 0 Å². The van der Waals surface area contributed by atoms with Crippen molar-refractivity contribution in [1.29, 1.82) is 0 Å². The topological polar surface area (TPSA) is 43.8 Å². The van der Waals surface area contributed by atoms with Crippen molar-refractivity contribution in [1.82, 2.24) is 9.80 Å². The van der Waals surface area contributed by atoms with Gasteiger partial charge in [-0.05, 0) is 51.1 Å². The standard InChI is InChI=1S/C19H30N2O2/c1-15(17-7-5-4-6-8-17)21(3)19(23)13-20(2)18-11-9-16(14-22)10-12-18/h4-8,15-16,18,22H,9-14H2,1-3H3. The van der Waals surface area contributed by atoms with Gasteiger partial charge < -0.3 is 10.0 Å². The number of carbonyl (C=O) groups excluding carboxylic acids is 1. The van der Waals surface area contributed by atoms with E-state index in [1.807, 2.05) is 37.2 Å². The molecule has 1 aliphatic carbocycles. The van der Waals surface area contributed by atoms with Gasteiger partial charge in [-0.15, -0.1) is 0 Å². The Labute approximate surface area is 140 Å². The Morgan fingerprint density at radius 3 is 2.35 bits per heavy atom. The van der Waals surface area contributed by atoms with Crippen molar-refractivity contribution in [3.63, 3.8) is 0 Å². The van der Waals surface area contributed by atoms with E-state index in [1.165, 1.54) is 0 Å². The summed E-state index contributed by atoms with van der Waals surface area (Å²) in [6.45, 7) is 2.83. The molecule has 1 aromatic rings. The average molecular weight is 318 g/mol. The number of likely N-dealkylation sites (N-methyl/N-ethyl adjacent to an activating group) is 2. The second-order valence-electron chi connectivity index (χ2n) is 6.86. The summed E-state index contributed by atoms with van der Waals surface area (Å²) in [4.78, 5) is 16.6. The number of amides is 1. The molecule has 0 heterocycles. The molecule has 0 saturated heterocycles. The molecule has 0 bridgehead atoms. The van der Waals surface area contributed by atoms with Crippen LogP contribution in [0.25, 0.3) is 0 Å². The highest BCUT2D eigenvalue weighted by Crippen LogP contribution is 2.27. The number of carbonyl (C=O) groups is 1. The van der Waals surface area contributed by atoms with Crippen molar-refractivity contribution in [2.24, 2.45) is 5.92 Å². The van der Waals surface area contributed by atoms with Gasteiger partial charge in [-0.2, -0.15) is 0 Å². The molecule has 1 aliphatic rings. The SMILES string of the molecule is CC(c1ccccc1)N(C)C(=O)CN(C)C1CCC(CO)CC1. The minimum atomic E-state index is 0.0854. The third kappa shape index (κ3) is 4.79. The van der Waals surface area contributed by atoms with E-state index >= 15 is 0 Å². The monoisotopic (exact) mass is 318 g/mol. The van der Waals surface area contributed by atoms with E-state index in [9.17, 15) is 9.90 Å². The summed E-state index contributed by atoms with van der Waals surface area (Å²) in [6, 6.07) is 10.7. The smallest absolute Gasteiger partial charge is 0.236 e. The molecule has 0 spiro atoms. The Hall–Kier alpha value is -1.39. The van der Waals surface area contributed by atoms with Gasteiger partial charge in [-0.3, -0.25) is 9.69 Å². The summed E-state index contributed by atoms with van der Waals surface area (Å²) < 4.78 is 0. The molecule has 128 valence electrons. The molecule has 1 atom stereocenters. The van der Waals surface area contributed by atoms with Crippen molar-refractivity contribution in [3.05, 3.63) is 35.9 Å². The summed E-state index contributed by atoms with van der Waals surface area (Å²) in [5.41, 5.74) is 1.16. The molecule has 1 N–H and O–H groups in total. The van der Waals surface area contributed by atoms with Crippen molar-refractivity contribution in [3.8, 4) is 0 Å². The summed E-state index contributed by atoms with van der Waals surface area (Å²) in [5.74, 6) is 0.615. The van der Waals surface area contributed by atoms with Gasteiger partial charge in [0.25, 0.3) is 0 Å². The molecule has 23 heavy (non-hydrogen) atoms. The van der Waals surface area contributed by atoms with Gasteiger partial charge in [0.2, 0.25) is 5.91 Å². The Morgan fingerprint density at radius 1 is 1.17 bits per heavy atom. The molecule has 1 aromatic carbocycles. The van der Waals surface area contributed by atoms with Crippen molar-refractivity contribution < 1.29 is 9.90 Å². The zero-order valence-electron chi connectivity index (χ0n) is 14.6. The Kier molecular flexibility index (Phi) is 6.60. The highest BCUT2D eigenvalue weighted by atomic mass is 16.3. The molecule has 0 radical (unpaired) electrons. The van der Waals surface area contributed by atoms with E-state index in [2.05, 4.69) is 24.0 Å². The first-order chi connectivity index (χ1) is 11.0. The third-order valence-corrected chi connectivity index (χ3v) is 5.34. The van der Waals surface area contributed by atoms with Gasteiger partial charge in [-0.1, -0.05) is 30.3 Å². The molecule has 0 aliphatic heterocycles. The summed E-state index contributed by atoms with van der Waals surface area (Å²) in [5, 5.41) is 9.23. The number of rotatable bonds is 6. The Balaban J connectivity index is 1.86. The van der Waals surface area contributed by atoms with Crippen LogP contribution >= 0.6 is 0 Å². The van der Waals surface area contributed by atoms with E-state index in [1.54, 1.807) is 0 Å². The lowest BCUT2D eigenvalue weighted by Gasteiger charge is -2.35. The summed E-state index contributed by atoms with van der Waals surface area (Å²) in [6.07, 6.45) is 4.28. The molecule has 2 rings (SSSR count). The minimum absolute atomic E-state index is 0.0854. The average Bonchev–Trinajstić information content (AvgIpc) is 2.61. The first-order valence-corrected chi connectivity index (χ1v) is 8.64. The largest absolute Gasteiger partial charge is 0.396 e. The van der Waals surface area contributed by atoms with Crippen LogP contribution in [0.1, 0.15) is 44.2 Å². The summed E-state index contributed by atoms with van der Waals surface area (Å²) >= 11 is 0. The minimum Gasteiger partial charge on any atom is -0.396 e. The number of hydrogen-bond acceptors (Lipinski definition) is 3. The zero-order chi connectivity index (χ0) is 16.8. The van der Waals surface area contributed by atoms with E-state index in [0.717, 1.165) is 31.2 Å². The van der Waals surface area contributed by atoms with Crippen LogP contribution in [0.3, 0.4) is 0 Å². The van der Waals surface area contributed by atoms with Crippen LogP contribution in [0, 0.1) is 5.92 Å². The number of aliphatic hydroxyl groups excluding tert-OH is 1. The molecule has 4 heteroatoms. The van der Waals surface area contributed by atoms with Gasteiger partial charge in [0.1, 0.15) is 0 Å². The van der Waals surface area contributed by atoms with Crippen molar-refractivity contribution >= 4 is 5.91 Å². The van der Waals surface area contributed by atoms with E-state index in [-0.39, 0.29) is 11.9 Å². The van der Waals surface area contributed by atoms with E-state index in [4.69, 9.17) is 0 Å². The van der Waals surface area contributed by atoms with Crippen molar-refractivity contribution in [2.75, 3.05) is 27.2 Å². The number of nitrogens with zero attached hydrogens (tertiary/aromatic N) is 2. The maximum atomic E-state index is 12.6. The Morgan fingerprint density at radius 2 is 1.78 bits per heavy atom. The van der Waals surface area contributed by atoms with Crippen LogP contribution in [-0.2, 0) is 4.79 Å². The maximum Gasteiger partial charge on any atom is 0.236 e. The van der Waals surface area contributed by atoms with Crippen molar-refractivity contribution in [2.45, 2.75) is 44.7 Å². The second-order valence-corrected chi connectivity index (χ2v) is 6.86. The first-order valence-electron chi connectivity index (χ1n) is 8.64. The molecule has 1 amide bonds. The van der Waals surface area contributed by atoms with E-state index in [0.29, 0.717) is 25.1 Å². The van der Waals surface area contributed by atoms with Crippen LogP contribution in [-0.4, -0.2) is 54.1 Å². The predicted octanol–water partition coefficient (Wildman–Crippen LogP) is 2.69. The molecular formula is C19H30N2O2. The van der Waals surface area contributed by atoms with Crippen LogP contribution in [0.5, 0.6) is 0 Å². The van der Waals surface area contributed by atoms with E-state index < -0.39 is 0 Å². The first kappa shape index (κ1) is 18.0. The molecule has 1 unspecified atom stereocenters. The van der Waals surface area contributed by atoms with Gasteiger partial charge in [0, 0.05) is 19.7 Å². The van der Waals surface area contributed by atoms with Gasteiger partial charge >= 0.3 is 0 Å². The van der Waals surface area contributed by atoms with Crippen LogP contribution < -0.4 is 0 Å². The molecule has 0 aromatic heterocycles. The quantitative estimate of drug-likeness (QED) is 0.877. The molecule has 4 nitrogen and oxygen atoms in total. The van der Waals surface area contributed by atoms with Crippen LogP contribution in [0.4, 0.5) is 0 Å². The second kappa shape index (κ2) is 8.46. The third-order valence-electron chi connectivity index (χ3n) is 5.34. The van der Waals surface area contributed by atoms with Crippen LogP contribution in [0.2, 0.25) is 0 Å². The molecular weight excluding hydrogens is 288 g/mol. The highest BCUT2D eigenvalue weighted by Gasteiger charge is 2.26. The van der Waals surface area contributed by atoms with Gasteiger partial charge in [0.15, 0.2) is 0 Å². The lowest BCUT2D eigenvalue weighted by atomic mass is 9.86. The number of hydrogen-bond donors (Lipinski definition) is 1. The number of benzene rings is 1. The number of aliphatic hydroxyl groups is 1. The Bertz CT molecular complexity index is 483. The molecule has 1 fully saturated rings. The lowest BCUT2D eigenvalue weighted by Crippen LogP contribution is -2.43. The molecule has 1 saturated carbocycles. The zero-order valence-corrected chi connectivity index (χ0v) is 14.6. The lowest BCUT2D eigenvalue weighted by molar-refractivity contribution is -0.133. The maximum absolute atomic E-state index is 12.6. The highest BCUT2D eigenvalue weighted by molar-refractivity contribution is 5.78. The fourth-order valence-electron chi connectivity index (χ4n) is 3.39. The summed E-state index contributed by atoms with van der Waals surface area (Å²) in [7, 11) is 3.93. The predicted molar refractivity (Wildman–Crippen MR) is 93.1 cm³/mol. The fraction of sp³-hybridized carbons (Fsp3) is 0.632. The van der Waals surface area contributed by atoms with Gasteiger partial charge in [0.05, 0.1) is 12.6 Å². The fourth-order valence-corrected chi connectivity index (χ4v) is 3.39. The normalized spacial score (nSPS) is 22.8. The van der Waals surface area contributed by atoms with Crippen LogP contribution in [0.15, 0.2) is 30.3 Å².